The van der Waals surface area contributed by atoms with Crippen LogP contribution in [0.1, 0.15) is 136 Å². The van der Waals surface area contributed by atoms with Gasteiger partial charge in [-0.3, -0.25) is 0 Å². The van der Waals surface area contributed by atoms with Crippen molar-refractivity contribution in [3.05, 3.63) is 83.4 Å². The summed E-state index contributed by atoms with van der Waals surface area (Å²) < 4.78 is 5.79. The Morgan fingerprint density at radius 1 is 0.543 bits per heavy atom. The molecule has 0 heterocycles. The number of unbranched alkanes of at least 4 members (excludes halogenated alkanes) is 15. The van der Waals surface area contributed by atoms with E-state index in [4.69, 9.17) is 4.74 Å². The summed E-state index contributed by atoms with van der Waals surface area (Å²) in [5.41, 5.74) is 4.80. The average molecular weight is 625 g/mol. The predicted molar refractivity (Wildman–Crippen MR) is 188 cm³/mol. The summed E-state index contributed by atoms with van der Waals surface area (Å²) in [5.74, 6) is 4.42. The second-order valence-corrected chi connectivity index (χ2v) is 12.2. The van der Waals surface area contributed by atoms with Gasteiger partial charge in [-0.15, -0.1) is 0 Å². The van der Waals surface area contributed by atoms with Crippen LogP contribution in [0.3, 0.4) is 0 Å². The minimum Gasteiger partial charge on any atom is -0.478 e. The fourth-order valence-corrected chi connectivity index (χ4v) is 5.66. The Hall–Kier alpha value is -3.88. The molecule has 0 aliphatic carbocycles. The standard InChI is InChI=1S/C41H52O5/c1-2-3-4-5-6-7-8-9-10-11-12-13-14-15-16-17-28-46-29-18-19-33-30-38(34-20-24-36(25-21-34)40(42)43)32-39(31-33)35-22-26-37(27-23-35)41(44)45/h20-27,30-32H,2-17,28-29H2,1H3,(H,42,43)(H,44,45). The number of benzene rings is 3. The molecule has 0 aliphatic heterocycles. The first-order chi connectivity index (χ1) is 22.5. The zero-order valence-electron chi connectivity index (χ0n) is 27.7. The summed E-state index contributed by atoms with van der Waals surface area (Å²) in [6.07, 6.45) is 21.6. The lowest BCUT2D eigenvalue weighted by atomic mass is 9.95. The maximum atomic E-state index is 11.3. The molecule has 0 aromatic heterocycles. The minimum absolute atomic E-state index is 0.227. The Morgan fingerprint density at radius 2 is 0.935 bits per heavy atom. The van der Waals surface area contributed by atoms with Gasteiger partial charge >= 0.3 is 11.9 Å². The molecule has 0 saturated carbocycles. The van der Waals surface area contributed by atoms with Crippen molar-refractivity contribution >= 4 is 11.9 Å². The van der Waals surface area contributed by atoms with E-state index in [1.54, 1.807) is 48.5 Å². The molecule has 0 fully saturated rings. The maximum Gasteiger partial charge on any atom is 0.335 e. The van der Waals surface area contributed by atoms with Crippen molar-refractivity contribution in [1.82, 2.24) is 0 Å². The largest absolute Gasteiger partial charge is 0.478 e. The summed E-state index contributed by atoms with van der Waals surface area (Å²) in [4.78, 5) is 22.6. The van der Waals surface area contributed by atoms with Crippen molar-refractivity contribution in [2.24, 2.45) is 0 Å². The highest BCUT2D eigenvalue weighted by molar-refractivity contribution is 5.89. The molecule has 3 rings (SSSR count). The van der Waals surface area contributed by atoms with Crippen molar-refractivity contribution in [1.29, 1.82) is 0 Å². The van der Waals surface area contributed by atoms with Crippen LogP contribution in [0.25, 0.3) is 22.3 Å². The van der Waals surface area contributed by atoms with Gasteiger partial charge in [-0.25, -0.2) is 9.59 Å². The molecule has 46 heavy (non-hydrogen) atoms. The first-order valence-electron chi connectivity index (χ1n) is 17.4. The van der Waals surface area contributed by atoms with Crippen LogP contribution in [0.2, 0.25) is 0 Å². The summed E-state index contributed by atoms with van der Waals surface area (Å²) >= 11 is 0. The second kappa shape index (κ2) is 21.8. The normalized spacial score (nSPS) is 10.8. The lowest BCUT2D eigenvalue weighted by molar-refractivity contribution is 0.0686. The van der Waals surface area contributed by atoms with Gasteiger partial charge in [0.2, 0.25) is 0 Å². The van der Waals surface area contributed by atoms with Crippen LogP contribution in [0, 0.1) is 11.8 Å². The van der Waals surface area contributed by atoms with Crippen LogP contribution >= 0.6 is 0 Å². The highest BCUT2D eigenvalue weighted by Crippen LogP contribution is 2.29. The number of ether oxygens (including phenoxy) is 1. The van der Waals surface area contributed by atoms with Gasteiger partial charge in [0, 0.05) is 12.2 Å². The Kier molecular flexibility index (Phi) is 17.3. The summed E-state index contributed by atoms with van der Waals surface area (Å²) in [7, 11) is 0. The number of carbonyl (C=O) groups is 2. The fourth-order valence-electron chi connectivity index (χ4n) is 5.66. The topological polar surface area (TPSA) is 83.8 Å². The van der Waals surface area contributed by atoms with Gasteiger partial charge in [0.25, 0.3) is 0 Å². The SMILES string of the molecule is CCCCCCCCCCCCCCCCCCOCC#Cc1cc(-c2ccc(C(=O)O)cc2)cc(-c2ccc(C(=O)O)cc2)c1. The van der Waals surface area contributed by atoms with Crippen molar-refractivity contribution in [2.45, 2.75) is 110 Å². The minimum atomic E-state index is -0.968. The molecule has 5 heteroatoms. The summed E-state index contributed by atoms with van der Waals surface area (Å²) in [6.45, 7) is 3.35. The van der Waals surface area contributed by atoms with Crippen LogP contribution in [0.5, 0.6) is 0 Å². The first kappa shape index (κ1) is 36.6. The third-order valence-electron chi connectivity index (χ3n) is 8.41. The molecule has 0 spiro atoms. The molecule has 0 amide bonds. The second-order valence-electron chi connectivity index (χ2n) is 12.2. The fraction of sp³-hybridized carbons (Fsp3) is 0.463. The zero-order chi connectivity index (χ0) is 32.8. The van der Waals surface area contributed by atoms with Gasteiger partial charge in [0.15, 0.2) is 0 Å². The van der Waals surface area contributed by atoms with Crippen LogP contribution in [0.4, 0.5) is 0 Å². The van der Waals surface area contributed by atoms with E-state index < -0.39 is 11.9 Å². The van der Waals surface area contributed by atoms with Crippen molar-refractivity contribution < 1.29 is 24.5 Å². The highest BCUT2D eigenvalue weighted by atomic mass is 16.5. The van der Waals surface area contributed by atoms with E-state index in [9.17, 15) is 19.8 Å². The lowest BCUT2D eigenvalue weighted by Crippen LogP contribution is -1.96. The molecule has 0 bridgehead atoms. The van der Waals surface area contributed by atoms with Gasteiger partial charge in [-0.1, -0.05) is 139 Å². The van der Waals surface area contributed by atoms with Crippen molar-refractivity contribution in [2.75, 3.05) is 13.2 Å². The van der Waals surface area contributed by atoms with Crippen LogP contribution in [-0.2, 0) is 4.74 Å². The third-order valence-corrected chi connectivity index (χ3v) is 8.41. The molecule has 0 aliphatic rings. The Labute approximate surface area is 276 Å². The van der Waals surface area contributed by atoms with Crippen LogP contribution < -0.4 is 0 Å². The molecule has 0 unspecified atom stereocenters. The number of carboxylic acid groups (broad SMARTS) is 2. The van der Waals surface area contributed by atoms with E-state index in [1.165, 1.54) is 96.3 Å². The van der Waals surface area contributed by atoms with Gasteiger partial charge < -0.3 is 14.9 Å². The maximum absolute atomic E-state index is 11.3. The molecule has 0 saturated heterocycles. The van der Waals surface area contributed by atoms with E-state index >= 15 is 0 Å². The number of hydrogen-bond acceptors (Lipinski definition) is 3. The van der Waals surface area contributed by atoms with Crippen molar-refractivity contribution in [3.8, 4) is 34.1 Å². The van der Waals surface area contributed by atoms with E-state index in [1.807, 2.05) is 18.2 Å². The Bertz CT molecular complexity index is 1300. The third kappa shape index (κ3) is 14.0. The number of aromatic carboxylic acids is 2. The molecule has 3 aromatic carbocycles. The smallest absolute Gasteiger partial charge is 0.335 e. The molecule has 3 aromatic rings. The molecule has 0 radical (unpaired) electrons. The van der Waals surface area contributed by atoms with E-state index in [2.05, 4.69) is 18.8 Å². The number of carboxylic acids is 2. The van der Waals surface area contributed by atoms with E-state index in [0.29, 0.717) is 13.2 Å². The summed E-state index contributed by atoms with van der Waals surface area (Å²) in [5, 5.41) is 18.5. The van der Waals surface area contributed by atoms with Crippen molar-refractivity contribution in [3.63, 3.8) is 0 Å². The van der Waals surface area contributed by atoms with Crippen LogP contribution in [0.15, 0.2) is 66.7 Å². The van der Waals surface area contributed by atoms with E-state index in [-0.39, 0.29) is 11.1 Å². The average Bonchev–Trinajstić information content (AvgIpc) is 3.07. The molecule has 0 atom stereocenters. The van der Waals surface area contributed by atoms with Gasteiger partial charge in [-0.2, -0.15) is 0 Å². The first-order valence-corrected chi connectivity index (χ1v) is 17.4. The summed E-state index contributed by atoms with van der Waals surface area (Å²) in [6, 6.07) is 19.5. The Morgan fingerprint density at radius 3 is 1.33 bits per heavy atom. The monoisotopic (exact) mass is 624 g/mol. The molecular formula is C41H52O5. The predicted octanol–water partition coefficient (Wildman–Crippen LogP) is 11.0. The quantitative estimate of drug-likeness (QED) is 0.0858. The van der Waals surface area contributed by atoms with Gasteiger partial charge in [0.1, 0.15) is 6.61 Å². The highest BCUT2D eigenvalue weighted by Gasteiger charge is 2.09. The lowest BCUT2D eigenvalue weighted by Gasteiger charge is -2.09. The van der Waals surface area contributed by atoms with E-state index in [0.717, 1.165) is 34.2 Å². The molecular weight excluding hydrogens is 572 g/mol. The Balaban J connectivity index is 1.38. The molecule has 5 nitrogen and oxygen atoms in total. The van der Waals surface area contributed by atoms with Gasteiger partial charge in [-0.05, 0) is 71.1 Å². The molecule has 246 valence electrons. The van der Waals surface area contributed by atoms with Crippen LogP contribution in [-0.4, -0.2) is 35.4 Å². The number of rotatable bonds is 22. The van der Waals surface area contributed by atoms with Gasteiger partial charge in [0.05, 0.1) is 11.1 Å². The number of hydrogen-bond donors (Lipinski definition) is 2. The zero-order valence-corrected chi connectivity index (χ0v) is 27.7. The molecule has 2 N–H and O–H groups in total.